The van der Waals surface area contributed by atoms with E-state index in [1.807, 2.05) is 0 Å². The lowest BCUT2D eigenvalue weighted by molar-refractivity contribution is -0.138. The van der Waals surface area contributed by atoms with Gasteiger partial charge >= 0.3 is 12.1 Å². The Morgan fingerprint density at radius 1 is 1.33 bits per heavy atom. The first kappa shape index (κ1) is 14.9. The second kappa shape index (κ2) is 5.51. The quantitative estimate of drug-likeness (QED) is 0.881. The third kappa shape index (κ3) is 3.56. The molecule has 1 aromatic heterocycles. The first-order chi connectivity index (χ1) is 9.77. The van der Waals surface area contributed by atoms with Crippen molar-refractivity contribution in [1.29, 1.82) is 0 Å². The van der Waals surface area contributed by atoms with Crippen molar-refractivity contribution >= 4 is 5.97 Å². The van der Waals surface area contributed by atoms with E-state index >= 15 is 0 Å². The standard InChI is InChI=1S/C12H9F4N3O2/c13-9-3-1-7(12(14,15)16)5-10(9)19-6-8(17-18-19)2-4-11(20)21/h1,3,5-6H,2,4H2,(H,20,21). The van der Waals surface area contributed by atoms with Gasteiger partial charge in [-0.2, -0.15) is 13.2 Å². The summed E-state index contributed by atoms with van der Waals surface area (Å²) in [5.74, 6) is -1.94. The topological polar surface area (TPSA) is 68.0 Å². The molecule has 0 unspecified atom stereocenters. The highest BCUT2D eigenvalue weighted by atomic mass is 19.4. The van der Waals surface area contributed by atoms with Crippen LogP contribution in [0.15, 0.2) is 24.4 Å². The van der Waals surface area contributed by atoms with Crippen LogP contribution in [-0.2, 0) is 17.4 Å². The van der Waals surface area contributed by atoms with Gasteiger partial charge in [-0.25, -0.2) is 9.07 Å². The number of carbonyl (C=O) groups is 1. The highest BCUT2D eigenvalue weighted by Crippen LogP contribution is 2.31. The second-order valence-electron chi connectivity index (χ2n) is 4.21. The zero-order valence-electron chi connectivity index (χ0n) is 10.4. The third-order valence-electron chi connectivity index (χ3n) is 2.66. The number of aryl methyl sites for hydroxylation is 1. The molecule has 0 aliphatic rings. The van der Waals surface area contributed by atoms with Gasteiger partial charge in [-0.15, -0.1) is 5.10 Å². The second-order valence-corrected chi connectivity index (χ2v) is 4.21. The zero-order valence-corrected chi connectivity index (χ0v) is 10.4. The molecule has 9 heteroatoms. The predicted octanol–water partition coefficient (Wildman–Crippen LogP) is 2.44. The summed E-state index contributed by atoms with van der Waals surface area (Å²) in [6.45, 7) is 0. The number of alkyl halides is 3. The van der Waals surface area contributed by atoms with Gasteiger partial charge in [-0.3, -0.25) is 4.79 Å². The minimum absolute atomic E-state index is 0.0515. The maximum absolute atomic E-state index is 13.6. The van der Waals surface area contributed by atoms with Gasteiger partial charge in [0, 0.05) is 6.42 Å². The molecule has 0 fully saturated rings. The number of aliphatic carboxylic acids is 1. The van der Waals surface area contributed by atoms with Crippen LogP contribution < -0.4 is 0 Å². The first-order valence-electron chi connectivity index (χ1n) is 5.77. The number of halogens is 4. The number of carboxylic acid groups (broad SMARTS) is 1. The Morgan fingerprint density at radius 3 is 2.67 bits per heavy atom. The molecule has 0 aliphatic carbocycles. The lowest BCUT2D eigenvalue weighted by Gasteiger charge is -2.09. The van der Waals surface area contributed by atoms with Gasteiger partial charge in [-0.05, 0) is 18.2 Å². The van der Waals surface area contributed by atoms with E-state index in [0.29, 0.717) is 18.2 Å². The Morgan fingerprint density at radius 2 is 2.05 bits per heavy atom. The number of carboxylic acids is 1. The van der Waals surface area contributed by atoms with Crippen LogP contribution >= 0.6 is 0 Å². The molecule has 0 saturated heterocycles. The monoisotopic (exact) mass is 303 g/mol. The van der Waals surface area contributed by atoms with Crippen molar-refractivity contribution in [2.45, 2.75) is 19.0 Å². The van der Waals surface area contributed by atoms with Crippen LogP contribution in [0.25, 0.3) is 5.69 Å². The molecule has 2 rings (SSSR count). The lowest BCUT2D eigenvalue weighted by Crippen LogP contribution is -2.08. The number of aromatic nitrogens is 3. The summed E-state index contributed by atoms with van der Waals surface area (Å²) >= 11 is 0. The summed E-state index contributed by atoms with van der Waals surface area (Å²) in [4.78, 5) is 10.4. The summed E-state index contributed by atoms with van der Waals surface area (Å²) in [6, 6.07) is 1.93. The van der Waals surface area contributed by atoms with Crippen LogP contribution in [0.1, 0.15) is 17.7 Å². The predicted molar refractivity (Wildman–Crippen MR) is 62.3 cm³/mol. The molecule has 0 aliphatic heterocycles. The van der Waals surface area contributed by atoms with Crippen molar-refractivity contribution in [1.82, 2.24) is 15.0 Å². The van der Waals surface area contributed by atoms with Crippen molar-refractivity contribution < 1.29 is 27.5 Å². The Bertz CT molecular complexity index is 667. The van der Waals surface area contributed by atoms with Crippen LogP contribution in [0, 0.1) is 5.82 Å². The molecule has 0 atom stereocenters. The van der Waals surface area contributed by atoms with Gasteiger partial charge in [0.25, 0.3) is 0 Å². The lowest BCUT2D eigenvalue weighted by atomic mass is 10.2. The van der Waals surface area contributed by atoms with E-state index in [2.05, 4.69) is 10.3 Å². The largest absolute Gasteiger partial charge is 0.481 e. The third-order valence-corrected chi connectivity index (χ3v) is 2.66. The molecule has 0 bridgehead atoms. The maximum atomic E-state index is 13.6. The van der Waals surface area contributed by atoms with Crippen LogP contribution in [0.5, 0.6) is 0 Å². The summed E-state index contributed by atoms with van der Waals surface area (Å²) in [5.41, 5.74) is -1.17. The Labute approximate surface area is 115 Å². The fraction of sp³-hybridized carbons (Fsp3) is 0.250. The fourth-order valence-corrected chi connectivity index (χ4v) is 1.63. The van der Waals surface area contributed by atoms with E-state index < -0.39 is 29.2 Å². The summed E-state index contributed by atoms with van der Waals surface area (Å²) < 4.78 is 52.3. The molecule has 112 valence electrons. The number of hydrogen-bond acceptors (Lipinski definition) is 3. The Balaban J connectivity index is 2.31. The summed E-state index contributed by atoms with van der Waals surface area (Å²) in [5, 5.41) is 15.6. The van der Waals surface area contributed by atoms with Crippen LogP contribution in [0.4, 0.5) is 17.6 Å². The molecule has 0 saturated carbocycles. The van der Waals surface area contributed by atoms with Gasteiger partial charge in [-0.1, -0.05) is 5.21 Å². The molecule has 1 heterocycles. The summed E-state index contributed by atoms with van der Waals surface area (Å²) in [6.07, 6.45) is -3.56. The smallest absolute Gasteiger partial charge is 0.416 e. The number of benzene rings is 1. The van der Waals surface area contributed by atoms with E-state index in [0.717, 1.165) is 4.68 Å². The van der Waals surface area contributed by atoms with Gasteiger partial charge in [0.2, 0.25) is 0 Å². The molecule has 5 nitrogen and oxygen atoms in total. The SMILES string of the molecule is O=C(O)CCc1cn(-c2cc(C(F)(F)F)ccc2F)nn1. The van der Waals surface area contributed by atoms with E-state index in [1.165, 1.54) is 6.20 Å². The highest BCUT2D eigenvalue weighted by Gasteiger charge is 2.31. The molecule has 1 N–H and O–H groups in total. The molecule has 0 spiro atoms. The molecular weight excluding hydrogens is 294 g/mol. The summed E-state index contributed by atoms with van der Waals surface area (Å²) in [7, 11) is 0. The highest BCUT2D eigenvalue weighted by molar-refractivity contribution is 5.66. The molecule has 2 aromatic rings. The number of hydrogen-bond donors (Lipinski definition) is 1. The molecule has 0 amide bonds. The Kier molecular flexibility index (Phi) is 3.92. The van der Waals surface area contributed by atoms with Crippen LogP contribution in [0.3, 0.4) is 0 Å². The average molecular weight is 303 g/mol. The van der Waals surface area contributed by atoms with Crippen molar-refractivity contribution in [3.05, 3.63) is 41.5 Å². The van der Waals surface area contributed by atoms with Crippen molar-refractivity contribution in [3.8, 4) is 5.69 Å². The molecule has 21 heavy (non-hydrogen) atoms. The molecular formula is C12H9F4N3O2. The van der Waals surface area contributed by atoms with Crippen LogP contribution in [0.2, 0.25) is 0 Å². The number of nitrogens with zero attached hydrogens (tertiary/aromatic N) is 3. The van der Waals surface area contributed by atoms with E-state index in [1.54, 1.807) is 0 Å². The van der Waals surface area contributed by atoms with E-state index in [4.69, 9.17) is 5.11 Å². The van der Waals surface area contributed by atoms with Crippen molar-refractivity contribution in [2.75, 3.05) is 0 Å². The van der Waals surface area contributed by atoms with Crippen molar-refractivity contribution in [3.63, 3.8) is 0 Å². The Hall–Kier alpha value is -2.45. The fourth-order valence-electron chi connectivity index (χ4n) is 1.63. The van der Waals surface area contributed by atoms with Gasteiger partial charge in [0.05, 0.1) is 23.9 Å². The van der Waals surface area contributed by atoms with Crippen LogP contribution in [-0.4, -0.2) is 26.1 Å². The molecule has 1 aromatic carbocycles. The van der Waals surface area contributed by atoms with Gasteiger partial charge in [0.1, 0.15) is 11.5 Å². The van der Waals surface area contributed by atoms with E-state index in [9.17, 15) is 22.4 Å². The van der Waals surface area contributed by atoms with Gasteiger partial charge < -0.3 is 5.11 Å². The number of rotatable bonds is 4. The minimum atomic E-state index is -4.60. The zero-order chi connectivity index (χ0) is 15.6. The normalized spacial score (nSPS) is 11.6. The minimum Gasteiger partial charge on any atom is -0.481 e. The average Bonchev–Trinajstić information content (AvgIpc) is 2.84. The van der Waals surface area contributed by atoms with E-state index in [-0.39, 0.29) is 18.5 Å². The maximum Gasteiger partial charge on any atom is 0.416 e. The van der Waals surface area contributed by atoms with Gasteiger partial charge in [0.15, 0.2) is 0 Å². The van der Waals surface area contributed by atoms with Crippen molar-refractivity contribution in [2.24, 2.45) is 0 Å². The first-order valence-corrected chi connectivity index (χ1v) is 5.77. The molecule has 0 radical (unpaired) electrons.